The molecule has 1 N–H and O–H groups in total. The summed E-state index contributed by atoms with van der Waals surface area (Å²) in [5.41, 5.74) is 2.71. The largest absolute Gasteiger partial charge is 0.388 e. The summed E-state index contributed by atoms with van der Waals surface area (Å²) in [7, 11) is 0. The average molecular weight is 214 g/mol. The highest BCUT2D eigenvalue weighted by atomic mass is 16.3. The van der Waals surface area contributed by atoms with Crippen molar-refractivity contribution in [2.45, 2.75) is 25.4 Å². The maximum Gasteiger partial charge on any atom is 0.0890 e. The minimum atomic E-state index is -0.333. The van der Waals surface area contributed by atoms with Gasteiger partial charge in [0.15, 0.2) is 0 Å². The van der Waals surface area contributed by atoms with Gasteiger partial charge in [0.25, 0.3) is 0 Å². The molecule has 3 rings (SSSR count). The molecule has 0 amide bonds. The zero-order valence-corrected chi connectivity index (χ0v) is 9.00. The van der Waals surface area contributed by atoms with Gasteiger partial charge in [-0.25, -0.2) is 0 Å². The number of nitrogens with zero attached hydrogens (tertiary/aromatic N) is 2. The zero-order chi connectivity index (χ0) is 11.0. The lowest BCUT2D eigenvalue weighted by Gasteiger charge is -2.30. The maximum atomic E-state index is 10.2. The van der Waals surface area contributed by atoms with E-state index in [1.807, 2.05) is 18.2 Å². The first-order chi connectivity index (χ1) is 7.84. The van der Waals surface area contributed by atoms with Crippen LogP contribution in [0.5, 0.6) is 0 Å². The molecule has 0 spiro atoms. The van der Waals surface area contributed by atoms with Crippen LogP contribution in [0.4, 0.5) is 0 Å². The quantitative estimate of drug-likeness (QED) is 0.835. The Morgan fingerprint density at radius 3 is 2.56 bits per heavy atom. The topological polar surface area (TPSA) is 46.0 Å². The van der Waals surface area contributed by atoms with Crippen LogP contribution in [0.15, 0.2) is 30.6 Å². The van der Waals surface area contributed by atoms with Crippen LogP contribution < -0.4 is 0 Å². The van der Waals surface area contributed by atoms with Crippen molar-refractivity contribution < 1.29 is 5.11 Å². The van der Waals surface area contributed by atoms with Gasteiger partial charge in [0.1, 0.15) is 0 Å². The highest BCUT2D eigenvalue weighted by Crippen LogP contribution is 2.37. The molecule has 1 unspecified atom stereocenters. The number of fused-ring (bicyclic) bond motifs is 1. The number of aromatic nitrogens is 2. The van der Waals surface area contributed by atoms with Gasteiger partial charge in [-0.15, -0.1) is 0 Å². The second-order valence-corrected chi connectivity index (χ2v) is 4.44. The third-order valence-corrected chi connectivity index (χ3v) is 3.43. The first-order valence-electron chi connectivity index (χ1n) is 5.73. The molecule has 1 aliphatic carbocycles. The van der Waals surface area contributed by atoms with E-state index in [0.717, 1.165) is 29.4 Å². The van der Waals surface area contributed by atoms with Crippen LogP contribution in [-0.4, -0.2) is 15.1 Å². The molecule has 0 aliphatic heterocycles. The van der Waals surface area contributed by atoms with Crippen molar-refractivity contribution in [2.24, 2.45) is 5.92 Å². The number of aliphatic hydroxyl groups excluding tert-OH is 1. The second kappa shape index (κ2) is 3.83. The summed E-state index contributed by atoms with van der Waals surface area (Å²) in [6, 6.07) is 5.84. The Morgan fingerprint density at radius 2 is 1.88 bits per heavy atom. The Balaban J connectivity index is 1.97. The normalized spacial score (nSPS) is 18.3. The summed E-state index contributed by atoms with van der Waals surface area (Å²) in [6.07, 6.45) is 6.56. The third-order valence-electron chi connectivity index (χ3n) is 3.43. The van der Waals surface area contributed by atoms with Crippen molar-refractivity contribution in [2.75, 3.05) is 0 Å². The first-order valence-corrected chi connectivity index (χ1v) is 5.73. The molecule has 1 fully saturated rings. The summed E-state index contributed by atoms with van der Waals surface area (Å²) in [5.74, 6) is 0.439. The average Bonchev–Trinajstić information content (AvgIpc) is 2.26. The SMILES string of the molecule is OC(c1ccc2nccnc2c1)C1CCC1. The zero-order valence-electron chi connectivity index (χ0n) is 9.00. The summed E-state index contributed by atoms with van der Waals surface area (Å²) in [4.78, 5) is 8.47. The fourth-order valence-corrected chi connectivity index (χ4v) is 2.19. The first kappa shape index (κ1) is 9.73. The summed E-state index contributed by atoms with van der Waals surface area (Å²) in [6.45, 7) is 0. The van der Waals surface area contributed by atoms with Crippen LogP contribution in [0.2, 0.25) is 0 Å². The van der Waals surface area contributed by atoms with Gasteiger partial charge in [-0.3, -0.25) is 9.97 Å². The fraction of sp³-hybridized carbons (Fsp3) is 0.385. The highest BCUT2D eigenvalue weighted by Gasteiger charge is 2.26. The van der Waals surface area contributed by atoms with E-state index in [1.165, 1.54) is 6.42 Å². The van der Waals surface area contributed by atoms with E-state index < -0.39 is 0 Å². The minimum Gasteiger partial charge on any atom is -0.388 e. The molecule has 0 saturated heterocycles. The van der Waals surface area contributed by atoms with Crippen LogP contribution >= 0.6 is 0 Å². The van der Waals surface area contributed by atoms with Gasteiger partial charge in [0.2, 0.25) is 0 Å². The number of rotatable bonds is 2. The Morgan fingerprint density at radius 1 is 1.12 bits per heavy atom. The van der Waals surface area contributed by atoms with E-state index in [-0.39, 0.29) is 6.10 Å². The van der Waals surface area contributed by atoms with Gasteiger partial charge in [-0.05, 0) is 36.5 Å². The molecule has 2 aromatic rings. The van der Waals surface area contributed by atoms with Gasteiger partial charge >= 0.3 is 0 Å². The van der Waals surface area contributed by atoms with Crippen molar-refractivity contribution in [1.29, 1.82) is 0 Å². The van der Waals surface area contributed by atoms with E-state index in [2.05, 4.69) is 9.97 Å². The molecule has 0 bridgehead atoms. The van der Waals surface area contributed by atoms with E-state index in [4.69, 9.17) is 0 Å². The molecule has 82 valence electrons. The molecule has 1 aromatic carbocycles. The monoisotopic (exact) mass is 214 g/mol. The van der Waals surface area contributed by atoms with Crippen LogP contribution in [0.1, 0.15) is 30.9 Å². The van der Waals surface area contributed by atoms with E-state index in [9.17, 15) is 5.11 Å². The Bertz CT molecular complexity index is 508. The van der Waals surface area contributed by atoms with E-state index in [1.54, 1.807) is 12.4 Å². The van der Waals surface area contributed by atoms with Crippen molar-refractivity contribution in [3.63, 3.8) is 0 Å². The standard InChI is InChI=1S/C13H14N2O/c16-13(9-2-1-3-9)10-4-5-11-12(8-10)15-7-6-14-11/h4-9,13,16H,1-3H2. The summed E-state index contributed by atoms with van der Waals surface area (Å²) >= 11 is 0. The third kappa shape index (κ3) is 1.57. The summed E-state index contributed by atoms with van der Waals surface area (Å²) < 4.78 is 0. The fourth-order valence-electron chi connectivity index (χ4n) is 2.19. The van der Waals surface area contributed by atoms with Crippen molar-refractivity contribution in [3.05, 3.63) is 36.2 Å². The lowest BCUT2D eigenvalue weighted by molar-refractivity contribution is 0.0622. The lowest BCUT2D eigenvalue weighted by Crippen LogP contribution is -2.19. The van der Waals surface area contributed by atoms with Gasteiger partial charge in [-0.2, -0.15) is 0 Å². The highest BCUT2D eigenvalue weighted by molar-refractivity contribution is 5.74. The Kier molecular flexibility index (Phi) is 2.33. The number of hydrogen-bond donors (Lipinski definition) is 1. The van der Waals surface area contributed by atoms with Crippen LogP contribution in [-0.2, 0) is 0 Å². The molecule has 1 saturated carbocycles. The predicted octanol–water partition coefficient (Wildman–Crippen LogP) is 2.46. The molecule has 3 nitrogen and oxygen atoms in total. The Labute approximate surface area is 94.2 Å². The number of hydrogen-bond acceptors (Lipinski definition) is 3. The van der Waals surface area contributed by atoms with Gasteiger partial charge in [0.05, 0.1) is 17.1 Å². The molecule has 1 aliphatic rings. The maximum absolute atomic E-state index is 10.2. The molecular formula is C13H14N2O. The predicted molar refractivity (Wildman–Crippen MR) is 61.8 cm³/mol. The molecule has 0 radical (unpaired) electrons. The van der Waals surface area contributed by atoms with Crippen LogP contribution in [0.3, 0.4) is 0 Å². The summed E-state index contributed by atoms with van der Waals surface area (Å²) in [5, 5.41) is 10.2. The smallest absolute Gasteiger partial charge is 0.0890 e. The molecule has 1 heterocycles. The van der Waals surface area contributed by atoms with Crippen LogP contribution in [0, 0.1) is 5.92 Å². The van der Waals surface area contributed by atoms with Crippen molar-refractivity contribution in [3.8, 4) is 0 Å². The van der Waals surface area contributed by atoms with Crippen molar-refractivity contribution in [1.82, 2.24) is 9.97 Å². The minimum absolute atomic E-state index is 0.333. The van der Waals surface area contributed by atoms with E-state index in [0.29, 0.717) is 5.92 Å². The van der Waals surface area contributed by atoms with Gasteiger partial charge < -0.3 is 5.11 Å². The number of benzene rings is 1. The molecule has 1 atom stereocenters. The number of aliphatic hydroxyl groups is 1. The van der Waals surface area contributed by atoms with Gasteiger partial charge in [0, 0.05) is 12.4 Å². The van der Waals surface area contributed by atoms with Gasteiger partial charge in [-0.1, -0.05) is 12.5 Å². The van der Waals surface area contributed by atoms with Crippen LogP contribution in [0.25, 0.3) is 11.0 Å². The molecule has 1 aromatic heterocycles. The van der Waals surface area contributed by atoms with E-state index >= 15 is 0 Å². The Hall–Kier alpha value is -1.48. The van der Waals surface area contributed by atoms with Crippen molar-refractivity contribution >= 4 is 11.0 Å². The molecule has 16 heavy (non-hydrogen) atoms. The molecular weight excluding hydrogens is 200 g/mol. The molecule has 3 heteroatoms. The second-order valence-electron chi connectivity index (χ2n) is 4.44. The lowest BCUT2D eigenvalue weighted by atomic mass is 9.79.